The van der Waals surface area contributed by atoms with Crippen LogP contribution < -0.4 is 5.56 Å². The molecular formula is C10H7ClN6OS. The topological polar surface area (TPSA) is 88.8 Å². The van der Waals surface area contributed by atoms with Crippen molar-refractivity contribution in [1.29, 1.82) is 0 Å². The Morgan fingerprint density at radius 1 is 1.37 bits per heavy atom. The van der Waals surface area contributed by atoms with E-state index in [1.54, 1.807) is 13.0 Å². The van der Waals surface area contributed by atoms with Crippen LogP contribution in [0.15, 0.2) is 33.4 Å². The molecule has 3 rings (SSSR count). The summed E-state index contributed by atoms with van der Waals surface area (Å²) in [5, 5.41) is 5.48. The first kappa shape index (κ1) is 12.1. The van der Waals surface area contributed by atoms with Crippen molar-refractivity contribution in [2.24, 2.45) is 0 Å². The highest BCUT2D eigenvalue weighted by Crippen LogP contribution is 2.25. The van der Waals surface area contributed by atoms with E-state index in [4.69, 9.17) is 11.6 Å². The van der Waals surface area contributed by atoms with Gasteiger partial charge in [-0.05, 0) is 18.7 Å². The molecule has 0 aliphatic carbocycles. The van der Waals surface area contributed by atoms with Crippen molar-refractivity contribution in [3.8, 4) is 0 Å². The smallest absolute Gasteiger partial charge is 0.254 e. The van der Waals surface area contributed by atoms with Crippen molar-refractivity contribution >= 4 is 29.1 Å². The summed E-state index contributed by atoms with van der Waals surface area (Å²) >= 11 is 7.15. The number of halogens is 1. The molecule has 0 spiro atoms. The number of rotatable bonds is 2. The number of H-pyrrole nitrogens is 1. The first-order valence-corrected chi connectivity index (χ1v) is 6.43. The van der Waals surface area contributed by atoms with Crippen LogP contribution in [0.4, 0.5) is 0 Å². The minimum Gasteiger partial charge on any atom is -0.301 e. The highest BCUT2D eigenvalue weighted by molar-refractivity contribution is 7.99. The lowest BCUT2D eigenvalue weighted by Crippen LogP contribution is -2.08. The number of aromatic amines is 1. The van der Waals surface area contributed by atoms with E-state index in [0.717, 1.165) is 0 Å². The zero-order valence-corrected chi connectivity index (χ0v) is 11.2. The summed E-state index contributed by atoms with van der Waals surface area (Å²) in [6.45, 7) is 1.75. The lowest BCUT2D eigenvalue weighted by atomic mass is 10.5. The minimum atomic E-state index is -0.204. The van der Waals surface area contributed by atoms with Gasteiger partial charge < -0.3 is 4.98 Å². The van der Waals surface area contributed by atoms with Gasteiger partial charge in [0.25, 0.3) is 11.3 Å². The Bertz CT molecular complexity index is 813. The van der Waals surface area contributed by atoms with E-state index in [-0.39, 0.29) is 5.56 Å². The van der Waals surface area contributed by atoms with Crippen molar-refractivity contribution in [2.45, 2.75) is 17.1 Å². The van der Waals surface area contributed by atoms with E-state index >= 15 is 0 Å². The average molecular weight is 295 g/mol. The third-order valence-corrected chi connectivity index (χ3v) is 3.32. The molecule has 7 nitrogen and oxygen atoms in total. The molecule has 96 valence electrons. The van der Waals surface area contributed by atoms with Gasteiger partial charge in [-0.2, -0.15) is 19.6 Å². The van der Waals surface area contributed by atoms with Gasteiger partial charge in [0.1, 0.15) is 16.5 Å². The summed E-state index contributed by atoms with van der Waals surface area (Å²) in [7, 11) is 0. The highest BCUT2D eigenvalue weighted by Gasteiger charge is 2.09. The van der Waals surface area contributed by atoms with Crippen molar-refractivity contribution in [3.05, 3.63) is 39.7 Å². The van der Waals surface area contributed by atoms with Crippen LogP contribution >= 0.6 is 23.4 Å². The third-order valence-electron chi connectivity index (χ3n) is 2.24. The molecule has 0 atom stereocenters. The number of nitrogens with zero attached hydrogens (tertiary/aromatic N) is 5. The zero-order chi connectivity index (χ0) is 13.4. The average Bonchev–Trinajstić information content (AvgIpc) is 2.75. The molecule has 0 amide bonds. The molecule has 0 fully saturated rings. The molecule has 1 N–H and O–H groups in total. The minimum absolute atomic E-state index is 0.204. The van der Waals surface area contributed by atoms with E-state index in [1.807, 2.05) is 0 Å². The molecular weight excluding hydrogens is 288 g/mol. The van der Waals surface area contributed by atoms with E-state index in [9.17, 15) is 4.79 Å². The second-order valence-electron chi connectivity index (χ2n) is 3.68. The van der Waals surface area contributed by atoms with Gasteiger partial charge in [0.05, 0.1) is 0 Å². The number of nitrogens with one attached hydrogen (secondary N) is 1. The van der Waals surface area contributed by atoms with Crippen LogP contribution in [0.1, 0.15) is 5.69 Å². The lowest BCUT2D eigenvalue weighted by molar-refractivity contribution is 0.832. The summed E-state index contributed by atoms with van der Waals surface area (Å²) in [5.41, 5.74) is 0.436. The van der Waals surface area contributed by atoms with Gasteiger partial charge in [-0.3, -0.25) is 4.79 Å². The molecule has 0 saturated heterocycles. The van der Waals surface area contributed by atoms with Gasteiger partial charge in [0.15, 0.2) is 5.16 Å². The number of fused-ring (bicyclic) bond motifs is 1. The van der Waals surface area contributed by atoms with Crippen molar-refractivity contribution in [3.63, 3.8) is 0 Å². The fourth-order valence-corrected chi connectivity index (χ4v) is 2.70. The Kier molecular flexibility index (Phi) is 2.96. The molecule has 0 bridgehead atoms. The molecule has 3 heterocycles. The third kappa shape index (κ3) is 2.45. The van der Waals surface area contributed by atoms with E-state index in [0.29, 0.717) is 26.8 Å². The van der Waals surface area contributed by atoms with Gasteiger partial charge in [-0.25, -0.2) is 4.98 Å². The monoisotopic (exact) mass is 294 g/mol. The summed E-state index contributed by atoms with van der Waals surface area (Å²) in [5.74, 6) is 0.394. The molecule has 0 aromatic carbocycles. The maximum Gasteiger partial charge on any atom is 0.254 e. The zero-order valence-electron chi connectivity index (χ0n) is 9.66. The van der Waals surface area contributed by atoms with Crippen LogP contribution in [0.3, 0.4) is 0 Å². The van der Waals surface area contributed by atoms with Crippen molar-refractivity contribution in [1.82, 2.24) is 29.5 Å². The van der Waals surface area contributed by atoms with Crippen LogP contribution in [0.2, 0.25) is 5.15 Å². The van der Waals surface area contributed by atoms with Crippen molar-refractivity contribution < 1.29 is 0 Å². The Morgan fingerprint density at radius 3 is 3.00 bits per heavy atom. The van der Waals surface area contributed by atoms with E-state index in [1.165, 1.54) is 28.7 Å². The van der Waals surface area contributed by atoms with Gasteiger partial charge in [0, 0.05) is 17.8 Å². The van der Waals surface area contributed by atoms with Crippen LogP contribution in [-0.4, -0.2) is 29.5 Å². The van der Waals surface area contributed by atoms with E-state index < -0.39 is 0 Å². The number of hydrogen-bond acceptors (Lipinski definition) is 6. The molecule has 0 aliphatic rings. The fraction of sp³-hybridized carbons (Fsp3) is 0.100. The molecule has 19 heavy (non-hydrogen) atoms. The number of hydrogen-bond donors (Lipinski definition) is 1. The summed E-state index contributed by atoms with van der Waals surface area (Å²) in [4.78, 5) is 26.3. The largest absolute Gasteiger partial charge is 0.301 e. The van der Waals surface area contributed by atoms with Crippen LogP contribution in [-0.2, 0) is 0 Å². The predicted octanol–water partition coefficient (Wildman–Crippen LogP) is 1.32. The molecule has 3 aromatic rings. The molecule has 0 radical (unpaired) electrons. The SMILES string of the molecule is Cc1cc(=O)[nH]c(Sc2cc(Cl)nc3ncnn23)n1. The summed E-state index contributed by atoms with van der Waals surface area (Å²) < 4.78 is 1.53. The Morgan fingerprint density at radius 2 is 2.21 bits per heavy atom. The standard InChI is InChI=1S/C10H7ClN6OS/c1-5-2-7(18)16-10(14-5)19-8-3-6(11)15-9-12-4-13-17(8)9/h2-4H,1H3,(H,14,16,18). The second-order valence-corrected chi connectivity index (χ2v) is 5.08. The second kappa shape index (κ2) is 4.63. The van der Waals surface area contributed by atoms with Gasteiger partial charge in [-0.15, -0.1) is 0 Å². The van der Waals surface area contributed by atoms with E-state index in [2.05, 4.69) is 25.0 Å². The van der Waals surface area contributed by atoms with Crippen LogP contribution in [0.25, 0.3) is 5.78 Å². The van der Waals surface area contributed by atoms with Crippen LogP contribution in [0, 0.1) is 6.92 Å². The van der Waals surface area contributed by atoms with Crippen LogP contribution in [0.5, 0.6) is 0 Å². The summed E-state index contributed by atoms with van der Waals surface area (Å²) in [6.07, 6.45) is 1.38. The molecule has 0 aliphatic heterocycles. The molecule has 3 aromatic heterocycles. The van der Waals surface area contributed by atoms with Gasteiger partial charge >= 0.3 is 0 Å². The van der Waals surface area contributed by atoms with Gasteiger partial charge in [0.2, 0.25) is 0 Å². The lowest BCUT2D eigenvalue weighted by Gasteiger charge is -2.03. The summed E-state index contributed by atoms with van der Waals surface area (Å²) in [6, 6.07) is 3.06. The Hall–Kier alpha value is -1.93. The quantitative estimate of drug-likeness (QED) is 0.566. The van der Waals surface area contributed by atoms with Crippen molar-refractivity contribution in [2.75, 3.05) is 0 Å². The number of aryl methyl sites for hydroxylation is 1. The highest BCUT2D eigenvalue weighted by atomic mass is 35.5. The predicted molar refractivity (Wildman–Crippen MR) is 69.5 cm³/mol. The van der Waals surface area contributed by atoms with Gasteiger partial charge in [-0.1, -0.05) is 11.6 Å². The first-order chi connectivity index (χ1) is 9.11. The maximum atomic E-state index is 11.4. The molecule has 0 unspecified atom stereocenters. The first-order valence-electron chi connectivity index (χ1n) is 5.24. The Labute approximate surface area is 116 Å². The maximum absolute atomic E-state index is 11.4. The Balaban J connectivity index is 2.09. The normalized spacial score (nSPS) is 11.1. The fourth-order valence-electron chi connectivity index (χ4n) is 1.53. The number of aromatic nitrogens is 6. The molecule has 9 heteroatoms. The molecule has 0 saturated carbocycles.